The van der Waals surface area contributed by atoms with Crippen molar-refractivity contribution in [1.82, 2.24) is 15.1 Å². The van der Waals surface area contributed by atoms with Crippen LogP contribution < -0.4 is 11.5 Å². The number of guanidine groups is 1. The van der Waals surface area contributed by atoms with Gasteiger partial charge in [0.05, 0.1) is 11.4 Å². The number of thioether (sulfide) groups is 1. The van der Waals surface area contributed by atoms with Crippen molar-refractivity contribution in [2.75, 3.05) is 12.8 Å². The molecule has 0 saturated heterocycles. The lowest BCUT2D eigenvalue weighted by molar-refractivity contribution is -0.148. The van der Waals surface area contributed by atoms with Crippen LogP contribution in [0.4, 0.5) is 5.69 Å². The number of aliphatic imine (C=N–C) groups is 1. The number of likely N-dealkylation sites (N-methyl/N-ethyl adjacent to an activating group) is 1. The summed E-state index contributed by atoms with van der Waals surface area (Å²) in [4.78, 5) is 29.4. The highest BCUT2D eigenvalue weighted by molar-refractivity contribution is 7.99. The zero-order valence-corrected chi connectivity index (χ0v) is 18.0. The Morgan fingerprint density at radius 2 is 1.81 bits per heavy atom. The Morgan fingerprint density at radius 1 is 1.12 bits per heavy atom. The van der Waals surface area contributed by atoms with Crippen molar-refractivity contribution in [3.05, 3.63) is 60.2 Å². The van der Waals surface area contributed by atoms with Crippen LogP contribution >= 0.6 is 11.8 Å². The third kappa shape index (κ3) is 6.08. The molecule has 3 rings (SSSR count). The Labute approximate surface area is 188 Å². The number of aliphatic carboxylic acids is 1. The molecule has 0 fully saturated rings. The molecule has 1 heterocycles. The number of hydrogen-bond acceptors (Lipinski definition) is 7. The molecular formula is C21H22N6O4S. The second-order valence-corrected chi connectivity index (χ2v) is 7.72. The average Bonchev–Trinajstić information content (AvgIpc) is 3.25. The molecule has 0 saturated carbocycles. The molecular weight excluding hydrogens is 432 g/mol. The zero-order valence-electron chi connectivity index (χ0n) is 17.2. The van der Waals surface area contributed by atoms with Crippen molar-refractivity contribution in [3.63, 3.8) is 0 Å². The van der Waals surface area contributed by atoms with Crippen LogP contribution in [0.15, 0.2) is 69.2 Å². The van der Waals surface area contributed by atoms with Gasteiger partial charge < -0.3 is 25.9 Å². The highest BCUT2D eigenvalue weighted by atomic mass is 32.2. The minimum Gasteiger partial charge on any atom is -0.480 e. The Kier molecular flexibility index (Phi) is 7.45. The fraction of sp³-hybridized carbons (Fsp3) is 0.190. The van der Waals surface area contributed by atoms with E-state index in [9.17, 15) is 14.7 Å². The number of amides is 1. The Balaban J connectivity index is 1.60. The van der Waals surface area contributed by atoms with Crippen molar-refractivity contribution in [3.8, 4) is 11.5 Å². The Hall–Kier alpha value is -3.86. The van der Waals surface area contributed by atoms with Crippen LogP contribution in [0.5, 0.6) is 0 Å². The molecule has 0 aliphatic carbocycles. The third-order valence-corrected chi connectivity index (χ3v) is 5.32. The van der Waals surface area contributed by atoms with Gasteiger partial charge in [0.15, 0.2) is 5.96 Å². The lowest BCUT2D eigenvalue weighted by atomic mass is 10.1. The van der Waals surface area contributed by atoms with E-state index in [0.717, 1.165) is 17.3 Å². The summed E-state index contributed by atoms with van der Waals surface area (Å²) in [6, 6.07) is 15.0. The number of carboxylic acids is 1. The quantitative estimate of drug-likeness (QED) is 0.249. The molecule has 11 heteroatoms. The number of nitrogens with two attached hydrogens (primary N) is 2. The summed E-state index contributed by atoms with van der Waals surface area (Å²) in [5, 5.41) is 17.7. The minimum atomic E-state index is -1.07. The van der Waals surface area contributed by atoms with Crippen molar-refractivity contribution in [2.24, 2.45) is 16.5 Å². The molecule has 0 unspecified atom stereocenters. The molecule has 10 nitrogen and oxygen atoms in total. The number of carbonyl (C=O) groups is 2. The van der Waals surface area contributed by atoms with Crippen molar-refractivity contribution in [2.45, 2.75) is 17.7 Å². The summed E-state index contributed by atoms with van der Waals surface area (Å²) in [6.45, 7) is 0. The van der Waals surface area contributed by atoms with Gasteiger partial charge >= 0.3 is 5.97 Å². The maximum absolute atomic E-state index is 12.6. The summed E-state index contributed by atoms with van der Waals surface area (Å²) >= 11 is 1.04. The third-order valence-electron chi connectivity index (χ3n) is 4.52. The van der Waals surface area contributed by atoms with Crippen molar-refractivity contribution >= 4 is 35.3 Å². The second kappa shape index (κ2) is 10.4. The number of carbonyl (C=O) groups excluding carboxylic acids is 1. The first-order chi connectivity index (χ1) is 15.3. The van der Waals surface area contributed by atoms with Crippen LogP contribution in [-0.2, 0) is 16.0 Å². The molecule has 3 aromatic rings. The largest absolute Gasteiger partial charge is 0.480 e. The number of carboxylic acid groups (broad SMARTS) is 1. The fourth-order valence-electron chi connectivity index (χ4n) is 2.84. The first kappa shape index (κ1) is 22.8. The molecule has 0 aliphatic rings. The van der Waals surface area contributed by atoms with E-state index in [1.54, 1.807) is 24.3 Å². The van der Waals surface area contributed by atoms with Crippen molar-refractivity contribution in [1.29, 1.82) is 0 Å². The van der Waals surface area contributed by atoms with Crippen molar-refractivity contribution < 1.29 is 19.1 Å². The van der Waals surface area contributed by atoms with Crippen LogP contribution in [0.1, 0.15) is 5.56 Å². The monoisotopic (exact) mass is 454 g/mol. The number of hydrogen-bond donors (Lipinski definition) is 3. The van der Waals surface area contributed by atoms with E-state index in [1.165, 1.54) is 11.9 Å². The predicted octanol–water partition coefficient (Wildman–Crippen LogP) is 1.89. The predicted molar refractivity (Wildman–Crippen MR) is 120 cm³/mol. The van der Waals surface area contributed by atoms with Gasteiger partial charge in [0.2, 0.25) is 11.8 Å². The van der Waals surface area contributed by atoms with Crippen LogP contribution in [0, 0.1) is 0 Å². The summed E-state index contributed by atoms with van der Waals surface area (Å²) in [5.74, 6) is -1.24. The van der Waals surface area contributed by atoms with Gasteiger partial charge in [-0.2, -0.15) is 0 Å². The molecule has 1 atom stereocenters. The first-order valence-corrected chi connectivity index (χ1v) is 10.5. The summed E-state index contributed by atoms with van der Waals surface area (Å²) in [5.41, 5.74) is 12.8. The molecule has 2 aromatic carbocycles. The van der Waals surface area contributed by atoms with E-state index in [0.29, 0.717) is 11.3 Å². The SMILES string of the molecule is CN(C(=O)CSc1nnc(-c2ccc(N=C(N)N)cc2)o1)[C@@H](Cc1ccccc1)C(=O)O. The van der Waals surface area contributed by atoms with Crippen LogP contribution in [0.3, 0.4) is 0 Å². The second-order valence-electron chi connectivity index (χ2n) is 6.79. The molecule has 32 heavy (non-hydrogen) atoms. The average molecular weight is 455 g/mol. The lowest BCUT2D eigenvalue weighted by Crippen LogP contribution is -2.44. The number of aromatic nitrogens is 2. The zero-order chi connectivity index (χ0) is 23.1. The number of rotatable bonds is 9. The highest BCUT2D eigenvalue weighted by Gasteiger charge is 2.27. The smallest absolute Gasteiger partial charge is 0.326 e. The van der Waals surface area contributed by atoms with E-state index < -0.39 is 12.0 Å². The summed E-state index contributed by atoms with van der Waals surface area (Å²) < 4.78 is 5.59. The fourth-order valence-corrected chi connectivity index (χ4v) is 3.53. The van der Waals surface area contributed by atoms with Gasteiger partial charge in [-0.25, -0.2) is 9.79 Å². The first-order valence-electron chi connectivity index (χ1n) is 9.52. The molecule has 0 spiro atoms. The van der Waals surface area contributed by atoms with Crippen LogP contribution in [0.2, 0.25) is 0 Å². The normalized spacial score (nSPS) is 11.5. The summed E-state index contributed by atoms with van der Waals surface area (Å²) in [6.07, 6.45) is 0.212. The topological polar surface area (TPSA) is 161 Å². The lowest BCUT2D eigenvalue weighted by Gasteiger charge is -2.24. The standard InChI is InChI=1S/C21H22N6O4S/c1-27(16(19(29)30)11-13-5-3-2-4-6-13)17(28)12-32-21-26-25-18(31-21)14-7-9-15(10-8-14)24-20(22)23/h2-10,16H,11-12H2,1H3,(H,29,30)(H4,22,23,24)/t16-/m0/s1. The van der Waals surface area contributed by atoms with Gasteiger partial charge in [0, 0.05) is 19.0 Å². The van der Waals surface area contributed by atoms with E-state index in [-0.39, 0.29) is 35.2 Å². The van der Waals surface area contributed by atoms with Gasteiger partial charge in [0.1, 0.15) is 6.04 Å². The number of nitrogens with zero attached hydrogens (tertiary/aromatic N) is 4. The maximum atomic E-state index is 12.6. The van der Waals surface area contributed by atoms with Gasteiger partial charge in [-0.3, -0.25) is 4.79 Å². The van der Waals surface area contributed by atoms with Gasteiger partial charge in [-0.1, -0.05) is 42.1 Å². The van der Waals surface area contributed by atoms with E-state index in [4.69, 9.17) is 15.9 Å². The summed E-state index contributed by atoms with van der Waals surface area (Å²) in [7, 11) is 1.47. The van der Waals surface area contributed by atoms with Gasteiger partial charge in [-0.05, 0) is 29.8 Å². The van der Waals surface area contributed by atoms with Crippen LogP contribution in [0.25, 0.3) is 11.5 Å². The van der Waals surface area contributed by atoms with Gasteiger partial charge in [0.25, 0.3) is 5.22 Å². The molecule has 5 N–H and O–H groups in total. The highest BCUT2D eigenvalue weighted by Crippen LogP contribution is 2.25. The Bertz CT molecular complexity index is 1100. The maximum Gasteiger partial charge on any atom is 0.326 e. The van der Waals surface area contributed by atoms with E-state index >= 15 is 0 Å². The minimum absolute atomic E-state index is 0.0415. The molecule has 166 valence electrons. The molecule has 0 aliphatic heterocycles. The van der Waals surface area contributed by atoms with E-state index in [2.05, 4.69) is 15.2 Å². The molecule has 1 amide bonds. The number of benzene rings is 2. The van der Waals surface area contributed by atoms with Gasteiger partial charge in [-0.15, -0.1) is 10.2 Å². The van der Waals surface area contributed by atoms with Crippen LogP contribution in [-0.4, -0.2) is 56.9 Å². The molecule has 1 aromatic heterocycles. The van der Waals surface area contributed by atoms with E-state index in [1.807, 2.05) is 30.3 Å². The Morgan fingerprint density at radius 3 is 2.44 bits per heavy atom. The molecule has 0 radical (unpaired) electrons. The molecule has 0 bridgehead atoms.